The van der Waals surface area contributed by atoms with Gasteiger partial charge in [0.05, 0.1) is 10.5 Å². The molecule has 1 fully saturated rings. The molecule has 0 saturated heterocycles. The van der Waals surface area contributed by atoms with Crippen molar-refractivity contribution in [1.82, 2.24) is 0 Å². The van der Waals surface area contributed by atoms with Crippen LogP contribution >= 0.6 is 10.5 Å². The number of benzene rings is 1. The average Bonchev–Trinajstić information content (AvgIpc) is 2.61. The molecule has 1 aromatic heterocycles. The first kappa shape index (κ1) is 17.5. The number of rotatable bonds is 1. The van der Waals surface area contributed by atoms with Gasteiger partial charge in [-0.3, -0.25) is 0 Å². The van der Waals surface area contributed by atoms with Crippen LogP contribution in [0.25, 0.3) is 10.1 Å². The van der Waals surface area contributed by atoms with Crippen molar-refractivity contribution in [1.29, 1.82) is 0 Å². The number of hydrogen-bond acceptors (Lipinski definition) is 4. The zero-order valence-corrected chi connectivity index (χ0v) is 12.7. The summed E-state index contributed by atoms with van der Waals surface area (Å²) in [6, 6.07) is 8.68. The maximum Gasteiger partial charge on any atom is 0.600 e. The Morgan fingerprint density at radius 3 is 2.05 bits per heavy atom. The zero-order valence-electron chi connectivity index (χ0n) is 11.1. The summed E-state index contributed by atoms with van der Waals surface area (Å²) in [4.78, 5) is 0.616. The smallest absolute Gasteiger partial charge is 0.222 e. The summed E-state index contributed by atoms with van der Waals surface area (Å²) in [7, 11) is -6.62. The quantitative estimate of drug-likeness (QED) is 0.698. The normalized spacial score (nSPS) is 17.0. The van der Waals surface area contributed by atoms with E-state index in [0.29, 0.717) is 9.58 Å². The third kappa shape index (κ3) is 4.31. The van der Waals surface area contributed by atoms with Crippen molar-refractivity contribution in [3.63, 3.8) is 0 Å². The summed E-state index contributed by atoms with van der Waals surface area (Å²) < 4.78 is 74.0. The Kier molecular flexibility index (Phi) is 5.00. The van der Waals surface area contributed by atoms with Crippen molar-refractivity contribution in [3.05, 3.63) is 35.2 Å². The van der Waals surface area contributed by atoms with Gasteiger partial charge < -0.3 is 0 Å². The van der Waals surface area contributed by atoms with Crippen LogP contribution in [0.15, 0.2) is 30.3 Å². The molecule has 0 radical (unpaired) electrons. The van der Waals surface area contributed by atoms with Crippen LogP contribution in [0.4, 0.5) is 13.2 Å². The second-order valence-electron chi connectivity index (χ2n) is 4.84. The predicted molar refractivity (Wildman–Crippen MR) is 64.3 cm³/mol. The van der Waals surface area contributed by atoms with Gasteiger partial charge in [-0.15, -0.1) is 23.4 Å². The van der Waals surface area contributed by atoms with E-state index < -0.39 is 26.2 Å². The van der Waals surface area contributed by atoms with E-state index in [1.54, 1.807) is 30.3 Å². The molecule has 0 amide bonds. The molecule has 1 aliphatic carbocycles. The second kappa shape index (κ2) is 6.31. The molecule has 2 aromatic rings. The lowest BCUT2D eigenvalue weighted by Crippen LogP contribution is -2.68. The Balaban J connectivity index is 0.000000309. The minimum atomic E-state index is -4.94. The predicted octanol–water partition coefficient (Wildman–Crippen LogP) is 0.577. The molecule has 1 heterocycles. The van der Waals surface area contributed by atoms with Crippen LogP contribution < -0.4 is 18.6 Å². The standard InChI is InChI=1S/C13H12F3S.ClHO4/c14-13(15,16)17-11-7-2-1-4-10(11)8-12(17)9-5-3-6-9;2-1(3,4)5/h1-2,4,7-9H,3,5-6H2;(H,2,3,4,5)/q+1;/p-1. The SMILES string of the molecule is FC(F)(F)[s+]1c(C2CCC2)cc2ccccc21.[O-][Cl+3]([O-])([O-])[O-]. The number of fused-ring (bicyclic) bond motifs is 1. The summed E-state index contributed by atoms with van der Waals surface area (Å²) in [5.41, 5.74) is -4.13. The van der Waals surface area contributed by atoms with Gasteiger partial charge in [-0.25, -0.2) is 18.6 Å². The van der Waals surface area contributed by atoms with E-state index >= 15 is 0 Å². The van der Waals surface area contributed by atoms with Crippen molar-refractivity contribution in [2.45, 2.75) is 30.7 Å². The van der Waals surface area contributed by atoms with E-state index in [2.05, 4.69) is 0 Å². The molecule has 0 spiro atoms. The lowest BCUT2D eigenvalue weighted by atomic mass is 9.84. The minimum Gasteiger partial charge on any atom is -0.222 e. The van der Waals surface area contributed by atoms with Gasteiger partial charge in [-0.05, 0) is 25.0 Å². The highest BCUT2D eigenvalue weighted by atomic mass is 35.7. The first-order valence-corrected chi connectivity index (χ1v) is 8.77. The monoisotopic (exact) mass is 356 g/mol. The van der Waals surface area contributed by atoms with Gasteiger partial charge >= 0.3 is 5.51 Å². The molecule has 0 aliphatic heterocycles. The molecule has 22 heavy (non-hydrogen) atoms. The highest BCUT2D eigenvalue weighted by Crippen LogP contribution is 2.55. The van der Waals surface area contributed by atoms with E-state index in [4.69, 9.17) is 18.6 Å². The summed E-state index contributed by atoms with van der Waals surface area (Å²) in [5.74, 6) is 0.160. The molecule has 4 nitrogen and oxygen atoms in total. The Bertz CT molecular complexity index is 641. The van der Waals surface area contributed by atoms with Crippen LogP contribution in [0.2, 0.25) is 0 Å². The van der Waals surface area contributed by atoms with Crippen LogP contribution in [-0.4, -0.2) is 0 Å². The van der Waals surface area contributed by atoms with E-state index in [0.717, 1.165) is 24.6 Å². The Labute approximate surface area is 129 Å². The molecule has 0 N–H and O–H groups in total. The molecule has 122 valence electrons. The fourth-order valence-electron chi connectivity index (χ4n) is 2.36. The summed E-state index contributed by atoms with van der Waals surface area (Å²) >= 11 is 0. The largest absolute Gasteiger partial charge is 0.600 e. The topological polar surface area (TPSA) is 92.2 Å². The summed E-state index contributed by atoms with van der Waals surface area (Å²) in [6.07, 6.45) is 2.90. The Morgan fingerprint density at radius 1 is 1.05 bits per heavy atom. The molecule has 1 unspecified atom stereocenters. The second-order valence-corrected chi connectivity index (χ2v) is 7.58. The minimum absolute atomic E-state index is 0.160. The molecule has 1 aliphatic rings. The molecule has 3 rings (SSSR count). The first-order chi connectivity index (χ1) is 10.1. The van der Waals surface area contributed by atoms with Crippen molar-refractivity contribution < 1.29 is 42.1 Å². The Hall–Kier alpha value is -0.900. The average molecular weight is 357 g/mol. The fraction of sp³-hybridized carbons (Fsp3) is 0.385. The zero-order chi connectivity index (χ0) is 16.5. The van der Waals surface area contributed by atoms with Crippen LogP contribution in [0, 0.1) is 10.2 Å². The lowest BCUT2D eigenvalue weighted by Gasteiger charge is -2.21. The van der Waals surface area contributed by atoms with Crippen molar-refractivity contribution in [2.24, 2.45) is 0 Å². The van der Waals surface area contributed by atoms with E-state index in [1.165, 1.54) is 0 Å². The fourth-order valence-corrected chi connectivity index (χ4v) is 4.52. The van der Waals surface area contributed by atoms with Gasteiger partial charge in [0.25, 0.3) is 0 Å². The number of thiophene rings is 1. The van der Waals surface area contributed by atoms with E-state index in [-0.39, 0.29) is 5.92 Å². The van der Waals surface area contributed by atoms with Gasteiger partial charge in [0, 0.05) is 17.4 Å². The molecule has 1 aromatic carbocycles. The number of halogens is 4. The maximum absolute atomic E-state index is 13.2. The molecule has 1 saturated carbocycles. The summed E-state index contributed by atoms with van der Waals surface area (Å²) in [6.45, 7) is 0. The number of alkyl halides is 3. The van der Waals surface area contributed by atoms with Gasteiger partial charge in [0.2, 0.25) is 0 Å². The van der Waals surface area contributed by atoms with Gasteiger partial charge in [-0.1, -0.05) is 18.6 Å². The van der Waals surface area contributed by atoms with Crippen LogP contribution in [0.1, 0.15) is 30.1 Å². The van der Waals surface area contributed by atoms with Gasteiger partial charge in [-0.2, -0.15) is 0 Å². The summed E-state index contributed by atoms with van der Waals surface area (Å²) in [5, 5.41) is 0.759. The maximum atomic E-state index is 13.2. The lowest BCUT2D eigenvalue weighted by molar-refractivity contribution is -2.00. The number of hydrogen-bond donors (Lipinski definition) is 0. The molecular formula is C13H12ClF3O4S. The van der Waals surface area contributed by atoms with Gasteiger partial charge in [0.1, 0.15) is 0 Å². The molecule has 9 heteroatoms. The third-order valence-corrected chi connectivity index (χ3v) is 5.61. The van der Waals surface area contributed by atoms with Crippen molar-refractivity contribution in [2.75, 3.05) is 0 Å². The van der Waals surface area contributed by atoms with E-state index in [9.17, 15) is 13.2 Å². The molecular weight excluding hydrogens is 345 g/mol. The highest BCUT2D eigenvalue weighted by molar-refractivity contribution is 7.38. The molecule has 1 atom stereocenters. The van der Waals surface area contributed by atoms with Gasteiger partial charge in [0.15, 0.2) is 9.58 Å². The third-order valence-electron chi connectivity index (χ3n) is 3.41. The Morgan fingerprint density at radius 2 is 1.59 bits per heavy atom. The van der Waals surface area contributed by atoms with Crippen LogP contribution in [-0.2, 0) is 5.51 Å². The van der Waals surface area contributed by atoms with Crippen LogP contribution in [0.3, 0.4) is 0 Å². The van der Waals surface area contributed by atoms with Crippen molar-refractivity contribution >= 4 is 20.6 Å². The molecule has 0 bridgehead atoms. The van der Waals surface area contributed by atoms with Crippen LogP contribution in [0.5, 0.6) is 0 Å². The van der Waals surface area contributed by atoms with E-state index in [1.807, 2.05) is 0 Å². The highest BCUT2D eigenvalue weighted by Gasteiger charge is 2.49. The van der Waals surface area contributed by atoms with Crippen molar-refractivity contribution in [3.8, 4) is 0 Å². The first-order valence-electron chi connectivity index (χ1n) is 6.31.